The first-order valence-electron chi connectivity index (χ1n) is 5.10. The van der Waals surface area contributed by atoms with Crippen LogP contribution in [0, 0.1) is 11.3 Å². The fourth-order valence-electron chi connectivity index (χ4n) is 2.35. The fraction of sp³-hybridized carbons (Fsp3) is 0.909. The summed E-state index contributed by atoms with van der Waals surface area (Å²) in [6.45, 7) is 4.58. The number of methoxy groups -OCH3 is 1. The highest BCUT2D eigenvalue weighted by atomic mass is 16.5. The van der Waals surface area contributed by atoms with Gasteiger partial charge in [-0.25, -0.2) is 0 Å². The number of carbonyl (C=O) groups excluding carboxylic acids is 1. The Labute approximate surface area is 80.7 Å². The van der Waals surface area contributed by atoms with Gasteiger partial charge in [0.2, 0.25) is 0 Å². The second-order valence-corrected chi connectivity index (χ2v) is 4.91. The summed E-state index contributed by atoms with van der Waals surface area (Å²) in [7, 11) is 1.47. The Morgan fingerprint density at radius 2 is 2.23 bits per heavy atom. The van der Waals surface area contributed by atoms with Gasteiger partial charge in [0.1, 0.15) is 0 Å². The van der Waals surface area contributed by atoms with Crippen LogP contribution >= 0.6 is 0 Å². The summed E-state index contributed by atoms with van der Waals surface area (Å²) in [6.07, 6.45) is 5.53. The van der Waals surface area contributed by atoms with E-state index in [1.54, 1.807) is 0 Å². The van der Waals surface area contributed by atoms with E-state index in [9.17, 15) is 4.79 Å². The number of esters is 1. The molecule has 0 aromatic carbocycles. The van der Waals surface area contributed by atoms with E-state index in [0.717, 1.165) is 0 Å². The number of carbonyl (C=O) groups is 1. The molecule has 0 saturated heterocycles. The number of hydrogen-bond donors (Lipinski definition) is 0. The molecule has 0 aromatic heterocycles. The van der Waals surface area contributed by atoms with Gasteiger partial charge in [0.15, 0.2) is 0 Å². The normalized spacial score (nSPS) is 26.8. The zero-order valence-electron chi connectivity index (χ0n) is 8.93. The Balaban J connectivity index is 2.39. The molecule has 0 aromatic rings. The molecule has 76 valence electrons. The van der Waals surface area contributed by atoms with E-state index in [0.29, 0.717) is 17.8 Å². The van der Waals surface area contributed by atoms with Crippen LogP contribution < -0.4 is 0 Å². The van der Waals surface area contributed by atoms with Gasteiger partial charge in [0.05, 0.1) is 7.11 Å². The van der Waals surface area contributed by atoms with E-state index >= 15 is 0 Å². The molecule has 1 aliphatic rings. The average molecular weight is 184 g/mol. The first-order chi connectivity index (χ1) is 6.03. The van der Waals surface area contributed by atoms with Gasteiger partial charge in [0, 0.05) is 6.42 Å². The lowest BCUT2D eigenvalue weighted by molar-refractivity contribution is -0.142. The Kier molecular flexibility index (Phi) is 3.34. The van der Waals surface area contributed by atoms with Crippen molar-refractivity contribution in [2.45, 2.75) is 46.0 Å². The Morgan fingerprint density at radius 1 is 1.54 bits per heavy atom. The molecule has 0 amide bonds. The molecule has 0 radical (unpaired) electrons. The molecule has 2 heteroatoms. The minimum absolute atomic E-state index is 0.0531. The molecule has 1 fully saturated rings. The third kappa shape index (κ3) is 3.37. The van der Waals surface area contributed by atoms with E-state index in [4.69, 9.17) is 0 Å². The number of hydrogen-bond acceptors (Lipinski definition) is 2. The Morgan fingerprint density at radius 3 is 2.77 bits per heavy atom. The molecule has 1 rings (SSSR count). The van der Waals surface area contributed by atoms with E-state index in [1.807, 2.05) is 0 Å². The molecule has 0 bridgehead atoms. The van der Waals surface area contributed by atoms with Gasteiger partial charge in [-0.1, -0.05) is 20.3 Å². The molecular weight excluding hydrogens is 164 g/mol. The molecule has 0 spiro atoms. The summed E-state index contributed by atoms with van der Waals surface area (Å²) >= 11 is 0. The summed E-state index contributed by atoms with van der Waals surface area (Å²) in [5.41, 5.74) is 0.428. The van der Waals surface area contributed by atoms with Crippen LogP contribution in [0.25, 0.3) is 0 Å². The second kappa shape index (κ2) is 4.12. The van der Waals surface area contributed by atoms with Crippen LogP contribution in [0.2, 0.25) is 0 Å². The largest absolute Gasteiger partial charge is 0.469 e. The fourth-order valence-corrected chi connectivity index (χ4v) is 2.35. The molecule has 1 atom stereocenters. The molecule has 13 heavy (non-hydrogen) atoms. The molecule has 0 heterocycles. The molecule has 1 unspecified atom stereocenters. The topological polar surface area (TPSA) is 26.3 Å². The zero-order chi connectivity index (χ0) is 9.90. The quantitative estimate of drug-likeness (QED) is 0.617. The van der Waals surface area contributed by atoms with Crippen molar-refractivity contribution in [3.8, 4) is 0 Å². The van der Waals surface area contributed by atoms with Crippen LogP contribution in [0.1, 0.15) is 46.0 Å². The average Bonchev–Trinajstić information content (AvgIpc) is 2.02. The Hall–Kier alpha value is -0.530. The van der Waals surface area contributed by atoms with Crippen molar-refractivity contribution in [2.75, 3.05) is 7.11 Å². The molecule has 1 aliphatic carbocycles. The third-order valence-corrected chi connectivity index (χ3v) is 2.99. The molecule has 0 aliphatic heterocycles. The summed E-state index contributed by atoms with van der Waals surface area (Å²) < 4.78 is 4.68. The second-order valence-electron chi connectivity index (χ2n) is 4.91. The lowest BCUT2D eigenvalue weighted by Gasteiger charge is -2.34. The van der Waals surface area contributed by atoms with Crippen LogP contribution in [0.5, 0.6) is 0 Å². The Bertz CT molecular complexity index is 185. The van der Waals surface area contributed by atoms with Crippen molar-refractivity contribution >= 4 is 5.97 Å². The number of rotatable bonds is 2. The third-order valence-electron chi connectivity index (χ3n) is 2.99. The monoisotopic (exact) mass is 184 g/mol. The molecule has 1 saturated carbocycles. The van der Waals surface area contributed by atoms with Crippen LogP contribution in [-0.4, -0.2) is 13.1 Å². The first kappa shape index (κ1) is 10.6. The maximum Gasteiger partial charge on any atom is 0.305 e. The summed E-state index contributed by atoms with van der Waals surface area (Å²) in [4.78, 5) is 11.1. The molecule has 0 N–H and O–H groups in total. The maximum absolute atomic E-state index is 11.1. The van der Waals surface area contributed by atoms with Gasteiger partial charge in [-0.05, 0) is 30.6 Å². The van der Waals surface area contributed by atoms with Gasteiger partial charge in [-0.2, -0.15) is 0 Å². The molecule has 2 nitrogen and oxygen atoms in total. The minimum Gasteiger partial charge on any atom is -0.469 e. The van der Waals surface area contributed by atoms with E-state index in [-0.39, 0.29) is 5.97 Å². The molecular formula is C11H20O2. The van der Waals surface area contributed by atoms with E-state index < -0.39 is 0 Å². The van der Waals surface area contributed by atoms with Crippen molar-refractivity contribution in [2.24, 2.45) is 11.3 Å². The van der Waals surface area contributed by atoms with Crippen molar-refractivity contribution in [3.05, 3.63) is 0 Å². The van der Waals surface area contributed by atoms with Crippen molar-refractivity contribution in [3.63, 3.8) is 0 Å². The maximum atomic E-state index is 11.1. The van der Waals surface area contributed by atoms with Gasteiger partial charge in [0.25, 0.3) is 0 Å². The van der Waals surface area contributed by atoms with Crippen molar-refractivity contribution in [1.29, 1.82) is 0 Å². The van der Waals surface area contributed by atoms with Crippen molar-refractivity contribution < 1.29 is 9.53 Å². The predicted octanol–water partition coefficient (Wildman–Crippen LogP) is 2.77. The van der Waals surface area contributed by atoms with Gasteiger partial charge in [-0.15, -0.1) is 0 Å². The predicted molar refractivity (Wildman–Crippen MR) is 52.4 cm³/mol. The summed E-state index contributed by atoms with van der Waals surface area (Å²) in [5, 5.41) is 0. The highest BCUT2D eigenvalue weighted by molar-refractivity contribution is 5.69. The summed E-state index contributed by atoms with van der Waals surface area (Å²) in [6, 6.07) is 0. The lowest BCUT2D eigenvalue weighted by atomic mass is 9.71. The highest BCUT2D eigenvalue weighted by Gasteiger charge is 2.29. The highest BCUT2D eigenvalue weighted by Crippen LogP contribution is 2.39. The van der Waals surface area contributed by atoms with E-state index in [1.165, 1.54) is 32.8 Å². The lowest BCUT2D eigenvalue weighted by Crippen LogP contribution is -2.24. The first-order valence-corrected chi connectivity index (χ1v) is 5.10. The standard InChI is InChI=1S/C11H20O2/c1-11(2)6-4-5-9(8-11)7-10(12)13-3/h9H,4-8H2,1-3H3. The van der Waals surface area contributed by atoms with E-state index in [2.05, 4.69) is 18.6 Å². The van der Waals surface area contributed by atoms with Crippen LogP contribution in [0.3, 0.4) is 0 Å². The zero-order valence-corrected chi connectivity index (χ0v) is 8.93. The van der Waals surface area contributed by atoms with Crippen LogP contribution in [-0.2, 0) is 9.53 Å². The minimum atomic E-state index is -0.0531. The van der Waals surface area contributed by atoms with Crippen molar-refractivity contribution in [1.82, 2.24) is 0 Å². The van der Waals surface area contributed by atoms with Gasteiger partial charge in [-0.3, -0.25) is 4.79 Å². The SMILES string of the molecule is COC(=O)CC1CCCC(C)(C)C1. The van der Waals surface area contributed by atoms with Crippen LogP contribution in [0.4, 0.5) is 0 Å². The smallest absolute Gasteiger partial charge is 0.305 e. The van der Waals surface area contributed by atoms with Crippen LogP contribution in [0.15, 0.2) is 0 Å². The van der Waals surface area contributed by atoms with Gasteiger partial charge >= 0.3 is 5.97 Å². The summed E-state index contributed by atoms with van der Waals surface area (Å²) in [5.74, 6) is 0.499. The van der Waals surface area contributed by atoms with Gasteiger partial charge < -0.3 is 4.74 Å². The number of ether oxygens (including phenoxy) is 1.